The van der Waals surface area contributed by atoms with Gasteiger partial charge in [0.25, 0.3) is 11.8 Å². The van der Waals surface area contributed by atoms with Crippen molar-refractivity contribution in [2.24, 2.45) is 0 Å². The predicted molar refractivity (Wildman–Crippen MR) is 135 cm³/mol. The number of nitrogens with one attached hydrogen (secondary N) is 2. The number of aryl methyl sites for hydroxylation is 1. The second kappa shape index (κ2) is 10.7. The van der Waals surface area contributed by atoms with E-state index in [1.54, 1.807) is 48.5 Å². The Balaban J connectivity index is 1.40. The molecule has 2 amide bonds. The minimum atomic E-state index is -0.320. The lowest BCUT2D eigenvalue weighted by Gasteiger charge is -2.37. The van der Waals surface area contributed by atoms with Crippen LogP contribution in [0.1, 0.15) is 45.7 Å². The first-order valence-corrected chi connectivity index (χ1v) is 11.7. The van der Waals surface area contributed by atoms with Gasteiger partial charge in [0.15, 0.2) is 0 Å². The van der Waals surface area contributed by atoms with Crippen molar-refractivity contribution >= 4 is 23.2 Å². The molecule has 0 spiro atoms. The van der Waals surface area contributed by atoms with E-state index in [2.05, 4.69) is 10.6 Å². The summed E-state index contributed by atoms with van der Waals surface area (Å²) in [6, 6.07) is 19.1. The van der Waals surface area contributed by atoms with Crippen molar-refractivity contribution in [1.29, 1.82) is 0 Å². The highest BCUT2D eigenvalue weighted by Gasteiger charge is 2.24. The summed E-state index contributed by atoms with van der Waals surface area (Å²) in [6.45, 7) is 7.28. The highest BCUT2D eigenvalue weighted by atomic mass is 19.1. The number of amides is 2. The van der Waals surface area contributed by atoms with Crippen LogP contribution in [0.15, 0.2) is 66.7 Å². The van der Waals surface area contributed by atoms with Crippen LogP contribution >= 0.6 is 0 Å². The van der Waals surface area contributed by atoms with Gasteiger partial charge in [0.1, 0.15) is 5.82 Å². The Morgan fingerprint density at radius 2 is 1.66 bits per heavy atom. The van der Waals surface area contributed by atoms with Gasteiger partial charge >= 0.3 is 0 Å². The van der Waals surface area contributed by atoms with E-state index in [0.717, 1.165) is 5.56 Å². The molecule has 0 aromatic heterocycles. The van der Waals surface area contributed by atoms with E-state index in [1.807, 2.05) is 37.8 Å². The lowest BCUT2D eigenvalue weighted by atomic mass is 10.1. The van der Waals surface area contributed by atoms with Gasteiger partial charge in [-0.3, -0.25) is 9.59 Å². The van der Waals surface area contributed by atoms with Crippen molar-refractivity contribution in [3.63, 3.8) is 0 Å². The number of benzene rings is 3. The van der Waals surface area contributed by atoms with Crippen LogP contribution in [-0.4, -0.2) is 37.1 Å². The standard InChI is InChI=1S/C28H30FN3O3/c1-18-9-11-23(14-25(18)31-28(34)22-7-5-4-6-8-22)27(33)30-15-21-10-12-26(24(29)13-21)32-16-19(2)35-20(3)17-32/h4-14,19-20H,15-17H2,1-3H3,(H,30,33)(H,31,34). The molecular weight excluding hydrogens is 445 g/mol. The quantitative estimate of drug-likeness (QED) is 0.530. The van der Waals surface area contributed by atoms with Crippen LogP contribution in [0.3, 0.4) is 0 Å². The molecule has 2 N–H and O–H groups in total. The zero-order valence-corrected chi connectivity index (χ0v) is 20.2. The summed E-state index contributed by atoms with van der Waals surface area (Å²) >= 11 is 0. The molecule has 1 aliphatic rings. The van der Waals surface area contributed by atoms with Gasteiger partial charge in [-0.2, -0.15) is 0 Å². The minimum Gasteiger partial charge on any atom is -0.372 e. The number of nitrogens with zero attached hydrogens (tertiary/aromatic N) is 1. The minimum absolute atomic E-state index is 0.0361. The number of ether oxygens (including phenoxy) is 1. The van der Waals surface area contributed by atoms with Gasteiger partial charge in [0.2, 0.25) is 0 Å². The van der Waals surface area contributed by atoms with Crippen LogP contribution in [-0.2, 0) is 11.3 Å². The Kier molecular flexibility index (Phi) is 7.46. The van der Waals surface area contributed by atoms with E-state index in [0.29, 0.717) is 41.2 Å². The lowest BCUT2D eigenvalue weighted by molar-refractivity contribution is -0.00539. The van der Waals surface area contributed by atoms with E-state index >= 15 is 0 Å². The van der Waals surface area contributed by atoms with Gasteiger partial charge in [-0.05, 0) is 68.3 Å². The van der Waals surface area contributed by atoms with E-state index in [4.69, 9.17) is 4.74 Å². The van der Waals surface area contributed by atoms with Crippen LogP contribution in [0.4, 0.5) is 15.8 Å². The molecule has 0 radical (unpaired) electrons. The van der Waals surface area contributed by atoms with Crippen molar-refractivity contribution in [3.05, 3.63) is 94.8 Å². The second-order valence-corrected chi connectivity index (χ2v) is 8.98. The number of rotatable bonds is 6. The van der Waals surface area contributed by atoms with E-state index < -0.39 is 0 Å². The molecule has 7 heteroatoms. The monoisotopic (exact) mass is 475 g/mol. The largest absolute Gasteiger partial charge is 0.372 e. The molecule has 3 aromatic carbocycles. The summed E-state index contributed by atoms with van der Waals surface area (Å²) in [7, 11) is 0. The number of halogens is 1. The van der Waals surface area contributed by atoms with Gasteiger partial charge in [0, 0.05) is 36.4 Å². The lowest BCUT2D eigenvalue weighted by Crippen LogP contribution is -2.45. The van der Waals surface area contributed by atoms with Crippen molar-refractivity contribution < 1.29 is 18.7 Å². The van der Waals surface area contributed by atoms with Gasteiger partial charge in [-0.25, -0.2) is 4.39 Å². The third-order valence-corrected chi connectivity index (χ3v) is 6.01. The smallest absolute Gasteiger partial charge is 0.255 e. The third-order valence-electron chi connectivity index (χ3n) is 6.01. The maximum absolute atomic E-state index is 14.9. The molecule has 1 saturated heterocycles. The molecule has 6 nitrogen and oxygen atoms in total. The fourth-order valence-electron chi connectivity index (χ4n) is 4.26. The predicted octanol–water partition coefficient (Wildman–Crippen LogP) is 4.93. The van der Waals surface area contributed by atoms with Crippen molar-refractivity contribution in [3.8, 4) is 0 Å². The average Bonchev–Trinajstić information content (AvgIpc) is 2.83. The van der Waals surface area contributed by atoms with Crippen LogP contribution in [0.5, 0.6) is 0 Å². The van der Waals surface area contributed by atoms with E-state index in [-0.39, 0.29) is 36.4 Å². The fraction of sp³-hybridized carbons (Fsp3) is 0.286. The maximum Gasteiger partial charge on any atom is 0.255 e. The average molecular weight is 476 g/mol. The first-order chi connectivity index (χ1) is 16.8. The molecule has 35 heavy (non-hydrogen) atoms. The molecule has 0 bridgehead atoms. The molecule has 0 saturated carbocycles. The third kappa shape index (κ3) is 6.05. The summed E-state index contributed by atoms with van der Waals surface area (Å²) in [5.74, 6) is -0.870. The Morgan fingerprint density at radius 1 is 0.943 bits per heavy atom. The zero-order valence-electron chi connectivity index (χ0n) is 20.2. The van der Waals surface area contributed by atoms with Crippen molar-refractivity contribution in [1.82, 2.24) is 5.32 Å². The maximum atomic E-state index is 14.9. The van der Waals surface area contributed by atoms with Gasteiger partial charge in [0.05, 0.1) is 17.9 Å². The molecule has 2 unspecified atom stereocenters. The van der Waals surface area contributed by atoms with Crippen LogP contribution in [0.2, 0.25) is 0 Å². The number of carbonyl (C=O) groups is 2. The Bertz CT molecular complexity index is 1210. The second-order valence-electron chi connectivity index (χ2n) is 8.98. The normalized spacial score (nSPS) is 17.7. The van der Waals surface area contributed by atoms with Crippen molar-refractivity contribution in [2.45, 2.75) is 39.5 Å². The molecule has 0 aliphatic carbocycles. The molecule has 1 fully saturated rings. The van der Waals surface area contributed by atoms with E-state index in [9.17, 15) is 14.0 Å². The number of carbonyl (C=O) groups excluding carboxylic acids is 2. The van der Waals surface area contributed by atoms with E-state index in [1.165, 1.54) is 6.07 Å². The van der Waals surface area contributed by atoms with Crippen LogP contribution in [0.25, 0.3) is 0 Å². The number of hydrogen-bond donors (Lipinski definition) is 2. The summed E-state index contributed by atoms with van der Waals surface area (Å²) in [5.41, 5.74) is 3.56. The molecule has 2 atom stereocenters. The number of anilines is 2. The summed E-state index contributed by atoms with van der Waals surface area (Å²) in [6.07, 6.45) is 0.0722. The molecule has 1 heterocycles. The van der Waals surface area contributed by atoms with Crippen LogP contribution < -0.4 is 15.5 Å². The highest BCUT2D eigenvalue weighted by molar-refractivity contribution is 6.05. The Morgan fingerprint density at radius 3 is 2.34 bits per heavy atom. The van der Waals surface area contributed by atoms with Crippen molar-refractivity contribution in [2.75, 3.05) is 23.3 Å². The molecule has 1 aliphatic heterocycles. The number of hydrogen-bond acceptors (Lipinski definition) is 4. The summed E-state index contributed by atoms with van der Waals surface area (Å²) < 4.78 is 20.6. The molecule has 3 aromatic rings. The van der Waals surface area contributed by atoms with Crippen LogP contribution in [0, 0.1) is 12.7 Å². The summed E-state index contributed by atoms with van der Waals surface area (Å²) in [4.78, 5) is 27.3. The first kappa shape index (κ1) is 24.4. The SMILES string of the molecule is Cc1ccc(C(=O)NCc2ccc(N3CC(C)OC(C)C3)c(F)c2)cc1NC(=O)c1ccccc1. The highest BCUT2D eigenvalue weighted by Crippen LogP contribution is 2.25. The molecule has 182 valence electrons. The molecule has 4 rings (SSSR count). The Labute approximate surface area is 205 Å². The zero-order chi connectivity index (χ0) is 24.9. The van der Waals surface area contributed by atoms with Gasteiger partial charge in [-0.1, -0.05) is 30.3 Å². The van der Waals surface area contributed by atoms with Gasteiger partial charge < -0.3 is 20.3 Å². The topological polar surface area (TPSA) is 70.7 Å². The summed E-state index contributed by atoms with van der Waals surface area (Å²) in [5, 5.41) is 5.70. The number of morpholine rings is 1. The van der Waals surface area contributed by atoms with Gasteiger partial charge in [-0.15, -0.1) is 0 Å². The fourth-order valence-corrected chi connectivity index (χ4v) is 4.26. The molecular formula is C28H30FN3O3. The Hall–Kier alpha value is -3.71. The first-order valence-electron chi connectivity index (χ1n) is 11.7.